The molecule has 38 heavy (non-hydrogen) atoms. The first kappa shape index (κ1) is 26.4. The molecule has 0 bridgehead atoms. The molecule has 0 N–H and O–H groups in total. The molecule has 8 heteroatoms. The van der Waals surface area contributed by atoms with Gasteiger partial charge in [0.2, 0.25) is 0 Å². The van der Waals surface area contributed by atoms with E-state index in [-0.39, 0.29) is 43.8 Å². The first-order chi connectivity index (χ1) is 18.1. The highest BCUT2D eigenvalue weighted by atomic mass is 19.3. The Bertz CT molecular complexity index is 1300. The van der Waals surface area contributed by atoms with Gasteiger partial charge in [-0.05, 0) is 50.6 Å². The molecule has 0 unspecified atom stereocenters. The topological polar surface area (TPSA) is 48.8 Å². The first-order valence-corrected chi connectivity index (χ1v) is 13.5. The van der Waals surface area contributed by atoms with Crippen molar-refractivity contribution in [3.63, 3.8) is 0 Å². The van der Waals surface area contributed by atoms with Gasteiger partial charge in [-0.15, -0.1) is 0 Å². The van der Waals surface area contributed by atoms with Gasteiger partial charge < -0.3 is 14.4 Å². The number of piperazine rings is 1. The maximum absolute atomic E-state index is 13.8. The Hall–Kier alpha value is -3.26. The molecule has 2 aliphatic rings. The fourth-order valence-corrected chi connectivity index (χ4v) is 5.65. The second-order valence-electron chi connectivity index (χ2n) is 10.8. The Kier molecular flexibility index (Phi) is 7.27. The maximum Gasteiger partial charge on any atom is 0.270 e. The van der Waals surface area contributed by atoms with Crippen LogP contribution in [0.1, 0.15) is 66.1 Å². The zero-order valence-electron chi connectivity index (χ0n) is 22.4. The molecule has 0 radical (unpaired) electrons. The van der Waals surface area contributed by atoms with Crippen molar-refractivity contribution in [1.29, 1.82) is 0 Å². The van der Waals surface area contributed by atoms with E-state index in [4.69, 9.17) is 0 Å². The minimum atomic E-state index is -2.73. The van der Waals surface area contributed by atoms with E-state index in [9.17, 15) is 18.4 Å². The van der Waals surface area contributed by atoms with E-state index in [0.717, 1.165) is 29.6 Å². The number of carbonyl (C=O) groups excluding carboxylic acids is 2. The molecular formula is C30H36F2N4O2. The van der Waals surface area contributed by atoms with Crippen LogP contribution in [-0.2, 0) is 0 Å². The van der Waals surface area contributed by atoms with E-state index in [1.807, 2.05) is 71.0 Å². The molecule has 2 saturated heterocycles. The third-order valence-electron chi connectivity index (χ3n) is 8.09. The molecule has 0 saturated carbocycles. The summed E-state index contributed by atoms with van der Waals surface area (Å²) in [5.41, 5.74) is 2.92. The van der Waals surface area contributed by atoms with Crippen LogP contribution in [0.25, 0.3) is 10.9 Å². The number of hydrogen-bond donors (Lipinski definition) is 0. The van der Waals surface area contributed by atoms with Crippen molar-refractivity contribution in [2.75, 3.05) is 39.3 Å². The van der Waals surface area contributed by atoms with E-state index >= 15 is 0 Å². The molecule has 2 aliphatic heterocycles. The summed E-state index contributed by atoms with van der Waals surface area (Å²) in [6.45, 7) is 9.49. The van der Waals surface area contributed by atoms with Crippen LogP contribution < -0.4 is 0 Å². The number of nitrogens with zero attached hydrogens (tertiary/aromatic N) is 4. The van der Waals surface area contributed by atoms with Gasteiger partial charge >= 0.3 is 0 Å². The van der Waals surface area contributed by atoms with Gasteiger partial charge in [0, 0.05) is 74.6 Å². The third-order valence-corrected chi connectivity index (χ3v) is 8.09. The largest absolute Gasteiger partial charge is 0.337 e. The van der Waals surface area contributed by atoms with Gasteiger partial charge in [-0.1, -0.05) is 30.3 Å². The van der Waals surface area contributed by atoms with Crippen molar-refractivity contribution in [2.24, 2.45) is 0 Å². The smallest absolute Gasteiger partial charge is 0.270 e. The molecule has 1 atom stereocenters. The van der Waals surface area contributed by atoms with Crippen molar-refractivity contribution < 1.29 is 18.4 Å². The molecular weight excluding hydrogens is 486 g/mol. The second-order valence-corrected chi connectivity index (χ2v) is 10.8. The Labute approximate surface area is 222 Å². The zero-order valence-corrected chi connectivity index (χ0v) is 22.4. The van der Waals surface area contributed by atoms with Crippen LogP contribution in [0.5, 0.6) is 0 Å². The lowest BCUT2D eigenvalue weighted by atomic mass is 10.1. The first-order valence-electron chi connectivity index (χ1n) is 13.5. The van der Waals surface area contributed by atoms with E-state index in [2.05, 4.69) is 18.7 Å². The fraction of sp³-hybridized carbons (Fsp3) is 0.467. The number of likely N-dealkylation sites (tertiary alicyclic amines) is 1. The summed E-state index contributed by atoms with van der Waals surface area (Å²) in [5.74, 6) is -2.99. The summed E-state index contributed by atoms with van der Waals surface area (Å²) in [4.78, 5) is 32.8. The van der Waals surface area contributed by atoms with Crippen molar-refractivity contribution in [3.8, 4) is 0 Å². The number of benzene rings is 2. The number of hydrogen-bond acceptors (Lipinski definition) is 3. The average molecular weight is 523 g/mol. The number of halogens is 2. The van der Waals surface area contributed by atoms with Gasteiger partial charge in [0.05, 0.1) is 6.04 Å². The lowest BCUT2D eigenvalue weighted by Crippen LogP contribution is -2.50. The SMILES string of the molecule is CC(C)N1CCN(C(=O)c2ccc3c(c2)cc(C(=O)N2CCC(F)(F)CC2)n3[C@@H](C)c2ccccc2)CC1. The Balaban J connectivity index is 1.48. The molecule has 6 nitrogen and oxygen atoms in total. The number of amides is 2. The van der Waals surface area contributed by atoms with E-state index < -0.39 is 5.92 Å². The van der Waals surface area contributed by atoms with Crippen LogP contribution in [-0.4, -0.2) is 82.3 Å². The number of rotatable bonds is 5. The van der Waals surface area contributed by atoms with E-state index in [1.54, 1.807) is 0 Å². The molecule has 3 heterocycles. The summed E-state index contributed by atoms with van der Waals surface area (Å²) < 4.78 is 29.6. The summed E-state index contributed by atoms with van der Waals surface area (Å²) in [6, 6.07) is 17.6. The molecule has 0 spiro atoms. The highest BCUT2D eigenvalue weighted by Crippen LogP contribution is 2.32. The lowest BCUT2D eigenvalue weighted by molar-refractivity contribution is -0.0495. The molecule has 1 aromatic heterocycles. The summed E-state index contributed by atoms with van der Waals surface area (Å²) in [7, 11) is 0. The predicted molar refractivity (Wildman–Crippen MR) is 145 cm³/mol. The van der Waals surface area contributed by atoms with Crippen molar-refractivity contribution in [2.45, 2.75) is 51.6 Å². The maximum atomic E-state index is 13.8. The summed E-state index contributed by atoms with van der Waals surface area (Å²) in [5, 5.41) is 0.796. The van der Waals surface area contributed by atoms with Crippen LogP contribution in [0.15, 0.2) is 54.6 Å². The second kappa shape index (κ2) is 10.5. The molecule has 2 fully saturated rings. The molecule has 3 aromatic rings. The number of piperidine rings is 1. The van der Waals surface area contributed by atoms with Crippen LogP contribution >= 0.6 is 0 Å². The molecule has 2 amide bonds. The van der Waals surface area contributed by atoms with Gasteiger partial charge in [0.1, 0.15) is 5.69 Å². The van der Waals surface area contributed by atoms with Gasteiger partial charge in [0.25, 0.3) is 17.7 Å². The molecule has 0 aliphatic carbocycles. The lowest BCUT2D eigenvalue weighted by Gasteiger charge is -2.37. The van der Waals surface area contributed by atoms with Crippen molar-refractivity contribution in [3.05, 3.63) is 71.4 Å². The van der Waals surface area contributed by atoms with Gasteiger partial charge in [-0.2, -0.15) is 0 Å². The monoisotopic (exact) mass is 522 g/mol. The van der Waals surface area contributed by atoms with E-state index in [1.165, 1.54) is 4.90 Å². The van der Waals surface area contributed by atoms with E-state index in [0.29, 0.717) is 30.4 Å². The normalized spacial score (nSPS) is 19.2. The minimum absolute atomic E-state index is 0.00898. The predicted octanol–water partition coefficient (Wildman–Crippen LogP) is 5.29. The van der Waals surface area contributed by atoms with Crippen LogP contribution in [0.3, 0.4) is 0 Å². The summed E-state index contributed by atoms with van der Waals surface area (Å²) in [6.07, 6.45) is -0.647. The van der Waals surface area contributed by atoms with Crippen molar-refractivity contribution >= 4 is 22.7 Å². The van der Waals surface area contributed by atoms with Gasteiger partial charge in [-0.25, -0.2) is 8.78 Å². The van der Waals surface area contributed by atoms with Crippen molar-refractivity contribution in [1.82, 2.24) is 19.3 Å². The van der Waals surface area contributed by atoms with Gasteiger partial charge in [-0.3, -0.25) is 14.5 Å². The number of carbonyl (C=O) groups is 2. The Morgan fingerprint density at radius 3 is 2.05 bits per heavy atom. The Morgan fingerprint density at radius 2 is 1.42 bits per heavy atom. The average Bonchev–Trinajstić information content (AvgIpc) is 3.31. The summed E-state index contributed by atoms with van der Waals surface area (Å²) >= 11 is 0. The molecule has 202 valence electrons. The highest BCUT2D eigenvalue weighted by Gasteiger charge is 2.37. The molecule has 5 rings (SSSR count). The van der Waals surface area contributed by atoms with Crippen LogP contribution in [0, 0.1) is 0 Å². The number of alkyl halides is 2. The quantitative estimate of drug-likeness (QED) is 0.458. The van der Waals surface area contributed by atoms with Crippen LogP contribution in [0.2, 0.25) is 0 Å². The minimum Gasteiger partial charge on any atom is -0.337 e. The Morgan fingerprint density at radius 1 is 0.789 bits per heavy atom. The van der Waals surface area contributed by atoms with Crippen LogP contribution in [0.4, 0.5) is 8.78 Å². The highest BCUT2D eigenvalue weighted by molar-refractivity contribution is 6.02. The zero-order chi connectivity index (χ0) is 27.0. The number of aromatic nitrogens is 1. The molecule has 2 aromatic carbocycles. The van der Waals surface area contributed by atoms with Gasteiger partial charge in [0.15, 0.2) is 0 Å². The number of fused-ring (bicyclic) bond motifs is 1. The standard InChI is InChI=1S/C30H36F2N4O2/c1-21(2)33-15-17-35(18-16-33)28(37)24-9-10-26-25(19-24)20-27(29(38)34-13-11-30(31,32)12-14-34)36(26)22(3)23-7-5-4-6-8-23/h4-10,19-22H,11-18H2,1-3H3/t22-/m0/s1. The fourth-order valence-electron chi connectivity index (χ4n) is 5.65. The third kappa shape index (κ3) is 5.19.